The van der Waals surface area contributed by atoms with Gasteiger partial charge in [0, 0.05) is 29.4 Å². The fourth-order valence-corrected chi connectivity index (χ4v) is 3.69. The Morgan fingerprint density at radius 3 is 2.56 bits per heavy atom. The molecule has 6 heteroatoms. The van der Waals surface area contributed by atoms with Crippen LogP contribution in [0.5, 0.6) is 0 Å². The topological polar surface area (TPSA) is 62.3 Å². The van der Waals surface area contributed by atoms with Crippen molar-refractivity contribution in [2.45, 2.75) is 45.4 Å². The van der Waals surface area contributed by atoms with Gasteiger partial charge in [-0.2, -0.15) is 0 Å². The molecule has 2 aromatic rings. The molecule has 2 heterocycles. The zero-order valence-electron chi connectivity index (χ0n) is 14.8. The Balaban J connectivity index is 1.59. The van der Waals surface area contributed by atoms with Crippen LogP contribution in [0.4, 0.5) is 10.8 Å². The van der Waals surface area contributed by atoms with Crippen molar-refractivity contribution >= 4 is 34.0 Å². The molecular formula is C19H23N3O2S. The van der Waals surface area contributed by atoms with Crippen LogP contribution in [0.1, 0.15) is 44.9 Å². The van der Waals surface area contributed by atoms with Gasteiger partial charge in [-0.15, -0.1) is 11.3 Å². The predicted octanol–water partition coefficient (Wildman–Crippen LogP) is 3.75. The summed E-state index contributed by atoms with van der Waals surface area (Å²) in [5.41, 5.74) is 2.77. The minimum absolute atomic E-state index is 0.0255. The molecule has 132 valence electrons. The molecule has 0 radical (unpaired) electrons. The van der Waals surface area contributed by atoms with E-state index in [2.05, 4.69) is 31.1 Å². The number of carbonyl (C=O) groups is 2. The predicted molar refractivity (Wildman–Crippen MR) is 101 cm³/mol. The smallest absolute Gasteiger partial charge is 0.230 e. The van der Waals surface area contributed by atoms with Crippen molar-refractivity contribution in [2.24, 2.45) is 0 Å². The van der Waals surface area contributed by atoms with Crippen LogP contribution < -0.4 is 10.2 Å². The molecule has 2 amide bonds. The van der Waals surface area contributed by atoms with Crippen LogP contribution in [-0.4, -0.2) is 23.3 Å². The number of hydrogen-bond donors (Lipinski definition) is 1. The first-order valence-electron chi connectivity index (χ1n) is 8.48. The van der Waals surface area contributed by atoms with Gasteiger partial charge < -0.3 is 10.2 Å². The summed E-state index contributed by atoms with van der Waals surface area (Å²) < 4.78 is 0. The Morgan fingerprint density at radius 2 is 2.00 bits per heavy atom. The standard InChI is InChI=1S/C19H23N3O2S/c1-19(2,3)15-12-25-18(20-15)21-16(23)11-13-6-8-14(9-7-13)22-10-4-5-17(22)24/h6-9,12H,4-5,10-11H2,1-3H3,(H,20,21,23). The van der Waals surface area contributed by atoms with Crippen molar-refractivity contribution in [1.82, 2.24) is 4.98 Å². The van der Waals surface area contributed by atoms with E-state index < -0.39 is 0 Å². The van der Waals surface area contributed by atoms with Crippen LogP contribution in [0.2, 0.25) is 0 Å². The van der Waals surface area contributed by atoms with Gasteiger partial charge in [-0.1, -0.05) is 32.9 Å². The van der Waals surface area contributed by atoms with Crippen molar-refractivity contribution in [3.63, 3.8) is 0 Å². The molecule has 0 aliphatic carbocycles. The largest absolute Gasteiger partial charge is 0.312 e. The van der Waals surface area contributed by atoms with Gasteiger partial charge >= 0.3 is 0 Å². The summed E-state index contributed by atoms with van der Waals surface area (Å²) >= 11 is 1.45. The monoisotopic (exact) mass is 357 g/mol. The lowest BCUT2D eigenvalue weighted by Gasteiger charge is -2.15. The van der Waals surface area contributed by atoms with Crippen LogP contribution in [-0.2, 0) is 21.4 Å². The first-order chi connectivity index (χ1) is 11.8. The van der Waals surface area contributed by atoms with Crippen molar-refractivity contribution in [2.75, 3.05) is 16.8 Å². The summed E-state index contributed by atoms with van der Waals surface area (Å²) in [6.45, 7) is 7.07. The number of hydrogen-bond acceptors (Lipinski definition) is 4. The van der Waals surface area contributed by atoms with E-state index in [9.17, 15) is 9.59 Å². The first kappa shape index (κ1) is 17.6. The summed E-state index contributed by atoms with van der Waals surface area (Å²) in [5, 5.41) is 5.48. The normalized spacial score (nSPS) is 14.8. The highest BCUT2D eigenvalue weighted by Crippen LogP contribution is 2.26. The summed E-state index contributed by atoms with van der Waals surface area (Å²) in [6.07, 6.45) is 1.82. The van der Waals surface area contributed by atoms with Gasteiger partial charge in [0.25, 0.3) is 0 Å². The van der Waals surface area contributed by atoms with E-state index >= 15 is 0 Å². The average Bonchev–Trinajstić information content (AvgIpc) is 3.17. The lowest BCUT2D eigenvalue weighted by atomic mass is 9.93. The minimum Gasteiger partial charge on any atom is -0.312 e. The number of aromatic nitrogens is 1. The maximum absolute atomic E-state index is 12.2. The third-order valence-electron chi connectivity index (χ3n) is 4.21. The van der Waals surface area contributed by atoms with Gasteiger partial charge in [0.1, 0.15) is 0 Å². The molecule has 0 bridgehead atoms. The third-order valence-corrected chi connectivity index (χ3v) is 4.96. The Hall–Kier alpha value is -2.21. The Labute approximate surface area is 152 Å². The molecule has 1 N–H and O–H groups in total. The van der Waals surface area contributed by atoms with Crippen molar-refractivity contribution in [3.05, 3.63) is 40.9 Å². The molecule has 1 fully saturated rings. The molecule has 25 heavy (non-hydrogen) atoms. The third kappa shape index (κ3) is 4.25. The van der Waals surface area contributed by atoms with E-state index in [0.29, 0.717) is 18.0 Å². The number of anilines is 2. The van der Waals surface area contributed by atoms with Crippen LogP contribution in [0.15, 0.2) is 29.6 Å². The molecule has 0 saturated carbocycles. The summed E-state index contributed by atoms with van der Waals surface area (Å²) in [5.74, 6) is 0.0868. The number of thiazole rings is 1. The van der Waals surface area contributed by atoms with Crippen LogP contribution >= 0.6 is 11.3 Å². The van der Waals surface area contributed by atoms with Gasteiger partial charge in [0.15, 0.2) is 5.13 Å². The minimum atomic E-state index is -0.0835. The number of amides is 2. The molecule has 1 aliphatic rings. The van der Waals surface area contributed by atoms with Gasteiger partial charge in [-0.25, -0.2) is 4.98 Å². The number of benzene rings is 1. The molecule has 0 atom stereocenters. The van der Waals surface area contributed by atoms with E-state index in [-0.39, 0.29) is 17.2 Å². The van der Waals surface area contributed by atoms with Crippen LogP contribution in [0.3, 0.4) is 0 Å². The second-order valence-corrected chi connectivity index (χ2v) is 8.19. The lowest BCUT2D eigenvalue weighted by molar-refractivity contribution is -0.117. The summed E-state index contributed by atoms with van der Waals surface area (Å²) in [7, 11) is 0. The van der Waals surface area contributed by atoms with E-state index in [4.69, 9.17) is 0 Å². The van der Waals surface area contributed by atoms with Gasteiger partial charge in [0.2, 0.25) is 11.8 Å². The Morgan fingerprint density at radius 1 is 1.28 bits per heavy atom. The van der Waals surface area contributed by atoms with Crippen LogP contribution in [0.25, 0.3) is 0 Å². The van der Waals surface area contributed by atoms with E-state index in [1.54, 1.807) is 4.90 Å². The van der Waals surface area contributed by atoms with Gasteiger partial charge in [-0.3, -0.25) is 9.59 Å². The van der Waals surface area contributed by atoms with Gasteiger partial charge in [-0.05, 0) is 24.1 Å². The number of rotatable bonds is 4. The highest BCUT2D eigenvalue weighted by Gasteiger charge is 2.21. The zero-order valence-corrected chi connectivity index (χ0v) is 15.7. The molecular weight excluding hydrogens is 334 g/mol. The van der Waals surface area contributed by atoms with Crippen molar-refractivity contribution in [3.8, 4) is 0 Å². The average molecular weight is 357 g/mol. The Kier molecular flexibility index (Phi) is 4.90. The first-order valence-corrected chi connectivity index (χ1v) is 9.36. The number of nitrogens with zero attached hydrogens (tertiary/aromatic N) is 2. The second-order valence-electron chi connectivity index (χ2n) is 7.33. The highest BCUT2D eigenvalue weighted by molar-refractivity contribution is 7.13. The molecule has 1 aliphatic heterocycles. The van der Waals surface area contributed by atoms with Gasteiger partial charge in [0.05, 0.1) is 12.1 Å². The lowest BCUT2D eigenvalue weighted by Crippen LogP contribution is -2.23. The quantitative estimate of drug-likeness (QED) is 0.906. The summed E-state index contributed by atoms with van der Waals surface area (Å²) in [4.78, 5) is 30.3. The Bertz CT molecular complexity index is 775. The molecule has 1 aromatic heterocycles. The van der Waals surface area contributed by atoms with E-state index in [0.717, 1.165) is 29.9 Å². The molecule has 0 spiro atoms. The second kappa shape index (κ2) is 6.96. The zero-order chi connectivity index (χ0) is 18.0. The molecule has 3 rings (SSSR count). The van der Waals surface area contributed by atoms with Crippen molar-refractivity contribution in [1.29, 1.82) is 0 Å². The fraction of sp³-hybridized carbons (Fsp3) is 0.421. The molecule has 1 aromatic carbocycles. The van der Waals surface area contributed by atoms with E-state index in [1.165, 1.54) is 11.3 Å². The highest BCUT2D eigenvalue weighted by atomic mass is 32.1. The van der Waals surface area contributed by atoms with E-state index in [1.807, 2.05) is 29.6 Å². The molecule has 1 saturated heterocycles. The number of nitrogens with one attached hydrogen (secondary N) is 1. The molecule has 5 nitrogen and oxygen atoms in total. The van der Waals surface area contributed by atoms with Crippen molar-refractivity contribution < 1.29 is 9.59 Å². The fourth-order valence-electron chi connectivity index (χ4n) is 2.74. The maximum Gasteiger partial charge on any atom is 0.230 e. The summed E-state index contributed by atoms with van der Waals surface area (Å²) in [6, 6.07) is 7.63. The number of carbonyl (C=O) groups excluding carboxylic acids is 2. The molecule has 0 unspecified atom stereocenters. The maximum atomic E-state index is 12.2. The SMILES string of the molecule is CC(C)(C)c1csc(NC(=O)Cc2ccc(N3CCCC3=O)cc2)n1. The van der Waals surface area contributed by atoms with Crippen LogP contribution in [0, 0.1) is 0 Å².